The van der Waals surface area contributed by atoms with Crippen LogP contribution < -0.4 is 0 Å². The fourth-order valence-corrected chi connectivity index (χ4v) is 3.66. The second-order valence-corrected chi connectivity index (χ2v) is 8.65. The monoisotopic (exact) mass is 389 g/mol. The molecule has 0 N–H and O–H groups in total. The largest absolute Gasteiger partial charge is 0.268 e. The molecule has 0 spiro atoms. The molecule has 0 aliphatic heterocycles. The van der Waals surface area contributed by atoms with E-state index in [1.165, 1.54) is 6.26 Å². The maximum Gasteiger partial charge on any atom is 0.175 e. The van der Waals surface area contributed by atoms with Crippen molar-refractivity contribution >= 4 is 9.84 Å². The van der Waals surface area contributed by atoms with Gasteiger partial charge in [-0.15, -0.1) is 0 Å². The van der Waals surface area contributed by atoms with Gasteiger partial charge in [0.05, 0.1) is 17.1 Å². The molecule has 0 amide bonds. The predicted molar refractivity (Wildman–Crippen MR) is 110 cm³/mol. The van der Waals surface area contributed by atoms with Gasteiger partial charge in [0.2, 0.25) is 0 Å². The van der Waals surface area contributed by atoms with E-state index in [4.69, 9.17) is 0 Å². The number of hydrogen-bond donors (Lipinski definition) is 0. The van der Waals surface area contributed by atoms with E-state index in [1.54, 1.807) is 24.5 Å². The second kappa shape index (κ2) is 7.40. The Labute approximate surface area is 164 Å². The van der Waals surface area contributed by atoms with Crippen molar-refractivity contribution in [1.82, 2.24) is 14.8 Å². The van der Waals surface area contributed by atoms with Gasteiger partial charge in [-0.2, -0.15) is 5.10 Å². The van der Waals surface area contributed by atoms with Gasteiger partial charge in [-0.1, -0.05) is 30.3 Å². The summed E-state index contributed by atoms with van der Waals surface area (Å²) in [6.45, 7) is 0.690. The Bertz CT molecular complexity index is 1200. The minimum absolute atomic E-state index is 0.322. The lowest BCUT2D eigenvalue weighted by Gasteiger charge is -2.06. The molecule has 0 bridgehead atoms. The number of benzene rings is 2. The molecule has 2 heterocycles. The average Bonchev–Trinajstić information content (AvgIpc) is 3.17. The Morgan fingerprint density at radius 1 is 0.857 bits per heavy atom. The summed E-state index contributed by atoms with van der Waals surface area (Å²) in [4.78, 5) is 4.36. The maximum atomic E-state index is 11.6. The molecule has 6 heteroatoms. The highest BCUT2D eigenvalue weighted by molar-refractivity contribution is 7.90. The summed E-state index contributed by atoms with van der Waals surface area (Å²) >= 11 is 0. The number of hydrogen-bond acceptors (Lipinski definition) is 4. The molecule has 0 atom stereocenters. The van der Waals surface area contributed by atoms with Crippen molar-refractivity contribution in [2.75, 3.05) is 6.26 Å². The maximum absolute atomic E-state index is 11.6. The molecule has 0 saturated heterocycles. The number of nitrogens with zero attached hydrogens (tertiary/aromatic N) is 3. The molecule has 0 fully saturated rings. The lowest BCUT2D eigenvalue weighted by molar-refractivity contribution is 0.602. The van der Waals surface area contributed by atoms with Crippen LogP contribution in [0.15, 0.2) is 90.2 Å². The summed E-state index contributed by atoms with van der Waals surface area (Å²) in [6, 6.07) is 21.0. The van der Waals surface area contributed by atoms with Crippen LogP contribution in [0, 0.1) is 0 Å². The highest BCUT2D eigenvalue weighted by Crippen LogP contribution is 2.26. The predicted octanol–water partition coefficient (Wildman–Crippen LogP) is 4.06. The first-order valence-electron chi connectivity index (χ1n) is 8.82. The van der Waals surface area contributed by atoms with Crippen molar-refractivity contribution in [2.45, 2.75) is 11.4 Å². The van der Waals surface area contributed by atoms with Crippen molar-refractivity contribution in [3.63, 3.8) is 0 Å². The molecule has 5 nitrogen and oxygen atoms in total. The van der Waals surface area contributed by atoms with Crippen molar-refractivity contribution < 1.29 is 8.42 Å². The zero-order chi connectivity index (χ0) is 19.6. The van der Waals surface area contributed by atoms with Crippen molar-refractivity contribution in [3.05, 3.63) is 90.9 Å². The molecule has 28 heavy (non-hydrogen) atoms. The lowest BCUT2D eigenvalue weighted by atomic mass is 10.0. The van der Waals surface area contributed by atoms with E-state index >= 15 is 0 Å². The van der Waals surface area contributed by atoms with Gasteiger partial charge in [0.1, 0.15) is 0 Å². The van der Waals surface area contributed by atoms with E-state index in [1.807, 2.05) is 59.4 Å². The van der Waals surface area contributed by atoms with E-state index in [0.29, 0.717) is 11.4 Å². The summed E-state index contributed by atoms with van der Waals surface area (Å²) in [5.41, 5.74) is 5.03. The average molecular weight is 389 g/mol. The van der Waals surface area contributed by atoms with E-state index in [2.05, 4.69) is 16.1 Å². The van der Waals surface area contributed by atoms with Crippen LogP contribution in [0.4, 0.5) is 0 Å². The molecule has 0 unspecified atom stereocenters. The van der Waals surface area contributed by atoms with Crippen LogP contribution >= 0.6 is 0 Å². The first-order chi connectivity index (χ1) is 13.5. The molecule has 0 aliphatic rings. The summed E-state index contributed by atoms with van der Waals surface area (Å²) in [5, 5.41) is 4.67. The molecular weight excluding hydrogens is 370 g/mol. The highest BCUT2D eigenvalue weighted by atomic mass is 32.2. The third-order valence-corrected chi connectivity index (χ3v) is 5.64. The highest BCUT2D eigenvalue weighted by Gasteiger charge is 2.08. The van der Waals surface area contributed by atoms with Crippen molar-refractivity contribution in [2.24, 2.45) is 0 Å². The topological polar surface area (TPSA) is 64.8 Å². The quantitative estimate of drug-likeness (QED) is 0.516. The summed E-state index contributed by atoms with van der Waals surface area (Å²) < 4.78 is 25.2. The van der Waals surface area contributed by atoms with E-state index < -0.39 is 9.84 Å². The molecule has 0 saturated carbocycles. The van der Waals surface area contributed by atoms with Gasteiger partial charge in [-0.05, 0) is 53.1 Å². The van der Waals surface area contributed by atoms with Crippen LogP contribution in [-0.4, -0.2) is 29.4 Å². The first kappa shape index (κ1) is 18.1. The summed E-state index contributed by atoms with van der Waals surface area (Å²) in [7, 11) is -3.19. The zero-order valence-corrected chi connectivity index (χ0v) is 16.2. The van der Waals surface area contributed by atoms with Crippen LogP contribution in [0.25, 0.3) is 22.4 Å². The zero-order valence-electron chi connectivity index (χ0n) is 15.4. The third-order valence-electron chi connectivity index (χ3n) is 4.51. The Morgan fingerprint density at radius 3 is 2.29 bits per heavy atom. The lowest BCUT2D eigenvalue weighted by Crippen LogP contribution is -2.00. The van der Waals surface area contributed by atoms with Crippen molar-refractivity contribution in [1.29, 1.82) is 0 Å². The first-order valence-corrected chi connectivity index (χ1v) is 10.7. The number of pyridine rings is 1. The van der Waals surface area contributed by atoms with Gasteiger partial charge in [-0.25, -0.2) is 8.42 Å². The standard InChI is InChI=1S/C22H19N3O2S/c1-28(26,27)21-7-5-18(6-8-21)19-3-2-4-20(15-19)22-11-14-25(24-22)16-17-9-12-23-13-10-17/h2-15H,16H2,1H3. The number of rotatable bonds is 5. The minimum atomic E-state index is -3.19. The van der Waals surface area contributed by atoms with E-state index in [0.717, 1.165) is 27.9 Å². The van der Waals surface area contributed by atoms with Crippen LogP contribution in [0.2, 0.25) is 0 Å². The van der Waals surface area contributed by atoms with Gasteiger partial charge >= 0.3 is 0 Å². The number of aromatic nitrogens is 3. The van der Waals surface area contributed by atoms with E-state index in [-0.39, 0.29) is 0 Å². The molecular formula is C22H19N3O2S. The summed E-state index contributed by atoms with van der Waals surface area (Å²) in [5.74, 6) is 0. The van der Waals surface area contributed by atoms with Gasteiger partial charge in [0.25, 0.3) is 0 Å². The smallest absolute Gasteiger partial charge is 0.175 e. The van der Waals surface area contributed by atoms with Gasteiger partial charge < -0.3 is 0 Å². The second-order valence-electron chi connectivity index (χ2n) is 6.63. The fraction of sp³-hybridized carbons (Fsp3) is 0.0909. The molecule has 2 aromatic carbocycles. The Hall–Kier alpha value is -3.25. The Kier molecular flexibility index (Phi) is 4.79. The van der Waals surface area contributed by atoms with Crippen LogP contribution in [-0.2, 0) is 16.4 Å². The molecule has 4 aromatic rings. The molecule has 0 radical (unpaired) electrons. The molecule has 4 rings (SSSR count). The molecule has 2 aromatic heterocycles. The Morgan fingerprint density at radius 2 is 1.57 bits per heavy atom. The van der Waals surface area contributed by atoms with Gasteiger partial charge in [0, 0.05) is 30.4 Å². The SMILES string of the molecule is CS(=O)(=O)c1ccc(-c2cccc(-c3ccn(Cc4ccncc4)n3)c2)cc1. The van der Waals surface area contributed by atoms with Crippen LogP contribution in [0.5, 0.6) is 0 Å². The van der Waals surface area contributed by atoms with E-state index in [9.17, 15) is 8.42 Å². The fourth-order valence-electron chi connectivity index (χ4n) is 3.03. The summed E-state index contributed by atoms with van der Waals surface area (Å²) in [6.07, 6.45) is 6.73. The normalized spacial score (nSPS) is 11.5. The number of sulfone groups is 1. The molecule has 0 aliphatic carbocycles. The van der Waals surface area contributed by atoms with Crippen molar-refractivity contribution in [3.8, 4) is 22.4 Å². The van der Waals surface area contributed by atoms with Crippen LogP contribution in [0.3, 0.4) is 0 Å². The van der Waals surface area contributed by atoms with Gasteiger partial charge in [0.15, 0.2) is 9.84 Å². The van der Waals surface area contributed by atoms with Gasteiger partial charge in [-0.3, -0.25) is 9.67 Å². The third kappa shape index (κ3) is 4.02. The van der Waals surface area contributed by atoms with Crippen LogP contribution in [0.1, 0.15) is 5.56 Å². The minimum Gasteiger partial charge on any atom is -0.268 e. The molecule has 140 valence electrons. The Balaban J connectivity index is 1.59.